The molecule has 1 aliphatic heterocycles. The normalized spacial score (nSPS) is 16.8. The fourth-order valence-corrected chi connectivity index (χ4v) is 5.70. The SMILES string of the molecule is CC[C@H](C)NC(=O)CN1C(=O)CS[C@@H](c2cccc(F)c2)c2c(C(C)(C)C)nn(-c3cccc(C)c3)c21. The third-order valence-electron chi connectivity index (χ3n) is 6.52. The number of aromatic nitrogens is 2. The lowest BCUT2D eigenvalue weighted by Gasteiger charge is -2.25. The van der Waals surface area contributed by atoms with Gasteiger partial charge in [-0.2, -0.15) is 5.10 Å². The lowest BCUT2D eigenvalue weighted by atomic mass is 9.87. The van der Waals surface area contributed by atoms with Crippen LogP contribution in [-0.2, 0) is 15.0 Å². The van der Waals surface area contributed by atoms with Crippen LogP contribution in [0.1, 0.15) is 68.7 Å². The van der Waals surface area contributed by atoms with E-state index in [0.717, 1.165) is 34.5 Å². The highest BCUT2D eigenvalue weighted by atomic mass is 32.2. The summed E-state index contributed by atoms with van der Waals surface area (Å²) < 4.78 is 16.2. The van der Waals surface area contributed by atoms with E-state index in [1.807, 2.05) is 51.1 Å². The van der Waals surface area contributed by atoms with Gasteiger partial charge in [0.05, 0.1) is 22.4 Å². The van der Waals surface area contributed by atoms with Gasteiger partial charge in [-0.05, 0) is 55.7 Å². The van der Waals surface area contributed by atoms with Crippen LogP contribution in [0, 0.1) is 12.7 Å². The molecule has 1 aliphatic rings. The molecule has 3 aromatic rings. The first kappa shape index (κ1) is 26.9. The molecule has 6 nitrogen and oxygen atoms in total. The molecule has 0 aliphatic carbocycles. The maximum atomic E-state index is 14.4. The number of nitrogens with zero attached hydrogens (tertiary/aromatic N) is 3. The van der Waals surface area contributed by atoms with Gasteiger partial charge in [-0.25, -0.2) is 9.07 Å². The average Bonchev–Trinajstić information content (AvgIpc) is 3.17. The highest BCUT2D eigenvalue weighted by Gasteiger charge is 2.40. The fourth-order valence-electron chi connectivity index (χ4n) is 4.51. The maximum Gasteiger partial charge on any atom is 0.240 e. The summed E-state index contributed by atoms with van der Waals surface area (Å²) in [7, 11) is 0. The van der Waals surface area contributed by atoms with Crippen molar-refractivity contribution in [3.8, 4) is 5.69 Å². The molecule has 4 rings (SSSR count). The van der Waals surface area contributed by atoms with Gasteiger partial charge in [0.25, 0.3) is 0 Å². The van der Waals surface area contributed by atoms with Crippen LogP contribution in [0.15, 0.2) is 48.5 Å². The molecule has 1 aromatic heterocycles. The summed E-state index contributed by atoms with van der Waals surface area (Å²) in [6, 6.07) is 14.4. The van der Waals surface area contributed by atoms with E-state index in [-0.39, 0.29) is 46.6 Å². The summed E-state index contributed by atoms with van der Waals surface area (Å²) in [5.41, 5.74) is 3.90. The Bertz CT molecular complexity index is 1310. The Morgan fingerprint density at radius 3 is 2.59 bits per heavy atom. The number of benzene rings is 2. The molecule has 0 unspecified atom stereocenters. The highest BCUT2D eigenvalue weighted by Crippen LogP contribution is 2.48. The molecule has 0 radical (unpaired) electrons. The van der Waals surface area contributed by atoms with E-state index in [0.29, 0.717) is 5.82 Å². The number of halogens is 1. The number of rotatable bonds is 6. The van der Waals surface area contributed by atoms with E-state index >= 15 is 0 Å². The third-order valence-corrected chi connectivity index (χ3v) is 7.77. The van der Waals surface area contributed by atoms with Gasteiger partial charge in [-0.1, -0.05) is 52.0 Å². The Morgan fingerprint density at radius 1 is 1.22 bits per heavy atom. The first-order valence-electron chi connectivity index (χ1n) is 12.7. The fraction of sp³-hybridized carbons (Fsp3) is 0.414. The van der Waals surface area contributed by atoms with Crippen molar-refractivity contribution < 1.29 is 14.0 Å². The molecular weight excluding hydrogens is 487 g/mol. The van der Waals surface area contributed by atoms with Crippen molar-refractivity contribution in [1.82, 2.24) is 15.1 Å². The first-order valence-corrected chi connectivity index (χ1v) is 13.7. The van der Waals surface area contributed by atoms with Gasteiger partial charge < -0.3 is 5.32 Å². The van der Waals surface area contributed by atoms with Crippen LogP contribution in [0.3, 0.4) is 0 Å². The zero-order valence-electron chi connectivity index (χ0n) is 22.3. The number of carbonyl (C=O) groups excluding carboxylic acids is 2. The van der Waals surface area contributed by atoms with Crippen LogP contribution >= 0.6 is 11.8 Å². The van der Waals surface area contributed by atoms with Gasteiger partial charge in [0, 0.05) is 17.0 Å². The van der Waals surface area contributed by atoms with E-state index in [9.17, 15) is 14.0 Å². The molecule has 1 N–H and O–H groups in total. The molecule has 196 valence electrons. The summed E-state index contributed by atoms with van der Waals surface area (Å²) in [5, 5.41) is 7.72. The molecule has 0 bridgehead atoms. The summed E-state index contributed by atoms with van der Waals surface area (Å²) in [4.78, 5) is 28.2. The highest BCUT2D eigenvalue weighted by molar-refractivity contribution is 8.00. The molecule has 8 heteroatoms. The minimum Gasteiger partial charge on any atom is -0.352 e. The monoisotopic (exact) mass is 522 g/mol. The van der Waals surface area contributed by atoms with Crippen molar-refractivity contribution in [2.45, 2.75) is 64.7 Å². The Morgan fingerprint density at radius 2 is 1.95 bits per heavy atom. The molecular formula is C29H35FN4O2S. The molecule has 2 amide bonds. The standard InChI is InChI=1S/C29H35FN4O2S/c1-7-19(3)31-23(35)16-33-24(36)17-37-26(20-11-9-12-21(30)15-20)25-27(29(4,5)6)32-34(28(25)33)22-13-8-10-18(2)14-22/h8-15,19,26H,7,16-17H2,1-6H3,(H,31,35)/t19-,26-/m0/s1. The number of fused-ring (bicyclic) bond motifs is 1. The Kier molecular flexibility index (Phi) is 7.78. The van der Waals surface area contributed by atoms with Crippen LogP contribution in [-0.4, -0.2) is 39.9 Å². The van der Waals surface area contributed by atoms with E-state index < -0.39 is 0 Å². The molecule has 0 spiro atoms. The van der Waals surface area contributed by atoms with Gasteiger partial charge in [0.1, 0.15) is 18.2 Å². The van der Waals surface area contributed by atoms with E-state index in [4.69, 9.17) is 5.10 Å². The van der Waals surface area contributed by atoms with Crippen molar-refractivity contribution in [3.63, 3.8) is 0 Å². The number of hydrogen-bond acceptors (Lipinski definition) is 4. The minimum absolute atomic E-state index is 0.00436. The predicted octanol–water partition coefficient (Wildman–Crippen LogP) is 5.70. The second-order valence-corrected chi connectivity index (χ2v) is 11.8. The van der Waals surface area contributed by atoms with Crippen molar-refractivity contribution >= 4 is 29.4 Å². The zero-order valence-corrected chi connectivity index (χ0v) is 23.2. The number of anilines is 1. The summed E-state index contributed by atoms with van der Waals surface area (Å²) in [5.74, 6) is -0.0116. The van der Waals surface area contributed by atoms with Gasteiger partial charge in [-0.3, -0.25) is 14.5 Å². The van der Waals surface area contributed by atoms with E-state index in [1.165, 1.54) is 23.9 Å². The first-order chi connectivity index (χ1) is 17.5. The topological polar surface area (TPSA) is 67.2 Å². The van der Waals surface area contributed by atoms with Crippen molar-refractivity contribution in [2.75, 3.05) is 17.2 Å². The largest absolute Gasteiger partial charge is 0.352 e. The Hall–Kier alpha value is -3.13. The average molecular weight is 523 g/mol. The molecule has 0 saturated carbocycles. The molecule has 2 heterocycles. The van der Waals surface area contributed by atoms with Gasteiger partial charge >= 0.3 is 0 Å². The quantitative estimate of drug-likeness (QED) is 0.451. The van der Waals surface area contributed by atoms with Crippen LogP contribution < -0.4 is 10.2 Å². The molecule has 2 atom stereocenters. The van der Waals surface area contributed by atoms with Crippen molar-refractivity contribution in [3.05, 3.63) is 76.7 Å². The smallest absolute Gasteiger partial charge is 0.240 e. The van der Waals surface area contributed by atoms with Crippen LogP contribution in [0.25, 0.3) is 5.69 Å². The summed E-state index contributed by atoms with van der Waals surface area (Å²) in [6.45, 7) is 12.1. The molecule has 0 saturated heterocycles. The van der Waals surface area contributed by atoms with Crippen LogP contribution in [0.5, 0.6) is 0 Å². The van der Waals surface area contributed by atoms with Gasteiger partial charge in [0.2, 0.25) is 11.8 Å². The summed E-state index contributed by atoms with van der Waals surface area (Å²) in [6.07, 6.45) is 0.790. The number of thioether (sulfide) groups is 1. The van der Waals surface area contributed by atoms with Crippen LogP contribution in [0.4, 0.5) is 10.2 Å². The molecule has 0 fully saturated rings. The Labute approximate surface area is 222 Å². The second-order valence-electron chi connectivity index (χ2n) is 10.7. The lowest BCUT2D eigenvalue weighted by Crippen LogP contribution is -2.44. The predicted molar refractivity (Wildman–Crippen MR) is 148 cm³/mol. The number of nitrogens with one attached hydrogen (secondary N) is 1. The Balaban J connectivity index is 1.99. The number of aryl methyl sites for hydroxylation is 1. The third kappa shape index (κ3) is 5.74. The maximum absolute atomic E-state index is 14.4. The number of amides is 2. The number of hydrogen-bond donors (Lipinski definition) is 1. The molecule has 2 aromatic carbocycles. The summed E-state index contributed by atoms with van der Waals surface area (Å²) >= 11 is 1.44. The van der Waals surface area contributed by atoms with Crippen molar-refractivity contribution in [1.29, 1.82) is 0 Å². The minimum atomic E-state index is -0.372. The van der Waals surface area contributed by atoms with Gasteiger partial charge in [-0.15, -0.1) is 11.8 Å². The van der Waals surface area contributed by atoms with E-state index in [2.05, 4.69) is 26.1 Å². The lowest BCUT2D eigenvalue weighted by molar-refractivity contribution is -0.123. The van der Waals surface area contributed by atoms with Crippen molar-refractivity contribution in [2.24, 2.45) is 0 Å². The van der Waals surface area contributed by atoms with Gasteiger partial charge in [0.15, 0.2) is 0 Å². The number of carbonyl (C=O) groups is 2. The second kappa shape index (κ2) is 10.7. The zero-order chi connectivity index (χ0) is 26.9. The molecule has 37 heavy (non-hydrogen) atoms. The van der Waals surface area contributed by atoms with Crippen LogP contribution in [0.2, 0.25) is 0 Å². The van der Waals surface area contributed by atoms with E-state index in [1.54, 1.807) is 15.6 Å².